The Morgan fingerprint density at radius 1 is 1.03 bits per heavy atom. The molecule has 0 bridgehead atoms. The number of halogens is 2. The summed E-state index contributed by atoms with van der Waals surface area (Å²) in [7, 11) is -3.91. The number of furan rings is 1. The predicted octanol–water partition coefficient (Wildman–Crippen LogP) is 8.12. The maximum Gasteiger partial charge on any atom is 0.262 e. The van der Waals surface area contributed by atoms with Crippen LogP contribution in [0.3, 0.4) is 0 Å². The molecule has 0 spiro atoms. The molecule has 15 heteroatoms. The summed E-state index contributed by atoms with van der Waals surface area (Å²) in [6.45, 7) is 13.3. The van der Waals surface area contributed by atoms with Crippen LogP contribution in [-0.4, -0.2) is 70.9 Å². The second-order valence-corrected chi connectivity index (χ2v) is 20.2. The van der Waals surface area contributed by atoms with E-state index in [0.717, 1.165) is 0 Å². The van der Waals surface area contributed by atoms with Crippen LogP contribution < -0.4 is 14.2 Å². The average molecular weight is 869 g/mol. The molecule has 2 amide bonds. The van der Waals surface area contributed by atoms with Crippen molar-refractivity contribution in [2.45, 2.75) is 96.6 Å². The number of Topliss-reactive ketones (excluding diaryl/α,β-unsaturated/α-hetero) is 1. The molecule has 12 nitrogen and oxygen atoms in total. The van der Waals surface area contributed by atoms with E-state index < -0.39 is 73.4 Å². The normalized spacial score (nSPS) is 21.9. The first-order valence-corrected chi connectivity index (χ1v) is 22.5. The van der Waals surface area contributed by atoms with Crippen LogP contribution in [0.2, 0.25) is 0 Å². The van der Waals surface area contributed by atoms with Crippen molar-refractivity contribution in [3.05, 3.63) is 96.6 Å². The number of nitrogens with zero attached hydrogens (tertiary/aromatic N) is 3. The van der Waals surface area contributed by atoms with Crippen molar-refractivity contribution in [1.29, 1.82) is 0 Å². The van der Waals surface area contributed by atoms with Crippen molar-refractivity contribution in [2.24, 2.45) is 22.7 Å². The second kappa shape index (κ2) is 16.2. The molecule has 3 fully saturated rings. The van der Waals surface area contributed by atoms with Crippen LogP contribution in [0.5, 0.6) is 11.6 Å². The smallest absolute Gasteiger partial charge is 0.262 e. The van der Waals surface area contributed by atoms with E-state index in [1.165, 1.54) is 35.2 Å². The number of nitrogens with one attached hydrogen (secondary N) is 1. The highest BCUT2D eigenvalue weighted by Crippen LogP contribution is 2.57. The molecular weight excluding hydrogens is 819 g/mol. The van der Waals surface area contributed by atoms with Gasteiger partial charge in [0.1, 0.15) is 34.6 Å². The molecule has 1 N–H and O–H groups in total. The number of sulfonamides is 1. The van der Waals surface area contributed by atoms with Gasteiger partial charge in [-0.25, -0.2) is 22.2 Å². The Kier molecular flexibility index (Phi) is 11.2. The maximum absolute atomic E-state index is 15.0. The van der Waals surface area contributed by atoms with E-state index >= 15 is 0 Å². The zero-order valence-corrected chi connectivity index (χ0v) is 36.1. The summed E-state index contributed by atoms with van der Waals surface area (Å²) in [5.41, 5.74) is -0.0183. The molecule has 62 heavy (non-hydrogen) atoms. The van der Waals surface area contributed by atoms with Crippen LogP contribution >= 0.6 is 0 Å². The Hall–Kier alpha value is -5.70. The van der Waals surface area contributed by atoms with Crippen molar-refractivity contribution < 1.29 is 45.5 Å². The average Bonchev–Trinajstić information content (AvgIpc) is 4.12. The standard InChI is InChI=1S/C47H50F2N4O8S/c1-7-29-23-47(29,45(56)52-62(57,58)34-16-17-34)24-38(54)37-22-33(25-53(37)44(55)36(46(4,5)6)20-27-9-8-10-30(48)19-27)60-43-41-40(35-21-31(49)13-18-39(35)61-41)50-42(51-43)28-11-14-32(15-12-28)59-26(2)3/h7-15,18-19,21,26,29,33-34,36-37H,1,16-17,20,22-25H2,2-6H3,(H,52,56)/t29-,33-,36-,37+,47-/m1/s1. The van der Waals surface area contributed by atoms with E-state index in [9.17, 15) is 31.6 Å². The van der Waals surface area contributed by atoms with Crippen molar-refractivity contribution in [2.75, 3.05) is 6.54 Å². The zero-order valence-electron chi connectivity index (χ0n) is 35.3. The number of allylic oxidation sites excluding steroid dienone is 1. The molecule has 1 aliphatic heterocycles. The maximum atomic E-state index is 15.0. The fourth-order valence-corrected chi connectivity index (χ4v) is 9.90. The van der Waals surface area contributed by atoms with Crippen LogP contribution in [0.15, 0.2) is 83.8 Å². The van der Waals surface area contributed by atoms with E-state index in [-0.39, 0.29) is 61.5 Å². The minimum absolute atomic E-state index is 0.00481. The third-order valence-corrected chi connectivity index (χ3v) is 14.0. The molecule has 5 atom stereocenters. The highest BCUT2D eigenvalue weighted by Gasteiger charge is 2.61. The monoisotopic (exact) mass is 868 g/mol. The lowest BCUT2D eigenvalue weighted by Crippen LogP contribution is -2.48. The van der Waals surface area contributed by atoms with E-state index in [2.05, 4.69) is 11.3 Å². The minimum atomic E-state index is -3.91. The Bertz CT molecular complexity index is 2690. The SMILES string of the molecule is C=C[C@@H]1C[C@]1(CC(=O)[C@@H]1C[C@@H](Oc2nc(-c3ccc(OC(C)C)cc3)nc3c2oc2ccc(F)cc23)CN1C(=O)[C@@H](Cc1cccc(F)c1)C(C)(C)C)C(=O)NS(=O)(=O)C1CC1. The van der Waals surface area contributed by atoms with Gasteiger partial charge in [0.2, 0.25) is 27.4 Å². The molecule has 3 aliphatic rings. The number of fused-ring (bicyclic) bond motifs is 3. The predicted molar refractivity (Wildman–Crippen MR) is 228 cm³/mol. The number of amides is 2. The lowest BCUT2D eigenvalue weighted by atomic mass is 9.76. The highest BCUT2D eigenvalue weighted by molar-refractivity contribution is 7.90. The van der Waals surface area contributed by atoms with Gasteiger partial charge in [-0.05, 0) is 111 Å². The number of hydrogen-bond donors (Lipinski definition) is 1. The molecule has 8 rings (SSSR count). The van der Waals surface area contributed by atoms with E-state index in [1.807, 2.05) is 34.6 Å². The largest absolute Gasteiger partial charge is 0.491 e. The van der Waals surface area contributed by atoms with Gasteiger partial charge >= 0.3 is 0 Å². The number of rotatable bonds is 15. The number of ether oxygens (including phenoxy) is 2. The Morgan fingerprint density at radius 2 is 1.76 bits per heavy atom. The Balaban J connectivity index is 1.16. The van der Waals surface area contributed by atoms with Crippen LogP contribution in [0.4, 0.5) is 8.78 Å². The molecule has 3 aromatic carbocycles. The summed E-state index contributed by atoms with van der Waals surface area (Å²) in [4.78, 5) is 54.4. The molecule has 2 aromatic heterocycles. The highest BCUT2D eigenvalue weighted by atomic mass is 32.2. The van der Waals surface area contributed by atoms with Crippen molar-refractivity contribution >= 4 is 49.7 Å². The van der Waals surface area contributed by atoms with Gasteiger partial charge in [0.25, 0.3) is 5.88 Å². The van der Waals surface area contributed by atoms with E-state index in [4.69, 9.17) is 23.9 Å². The topological polar surface area (TPSA) is 158 Å². The van der Waals surface area contributed by atoms with Gasteiger partial charge in [0, 0.05) is 29.7 Å². The second-order valence-electron chi connectivity index (χ2n) is 18.2. The molecule has 0 radical (unpaired) electrons. The van der Waals surface area contributed by atoms with Gasteiger partial charge in [-0.2, -0.15) is 4.98 Å². The molecule has 1 saturated heterocycles. The first kappa shape index (κ1) is 43.0. The number of aromatic nitrogens is 2. The summed E-state index contributed by atoms with van der Waals surface area (Å²) in [5, 5.41) is -0.255. The number of hydrogen-bond acceptors (Lipinski definition) is 10. The molecule has 3 heterocycles. The van der Waals surface area contributed by atoms with E-state index in [1.54, 1.807) is 42.5 Å². The zero-order chi connectivity index (χ0) is 44.3. The van der Waals surface area contributed by atoms with E-state index in [0.29, 0.717) is 46.2 Å². The fraction of sp³-hybridized carbons (Fsp3) is 0.426. The summed E-state index contributed by atoms with van der Waals surface area (Å²) >= 11 is 0. The van der Waals surface area contributed by atoms with Crippen LogP contribution in [0, 0.1) is 34.3 Å². The third kappa shape index (κ3) is 8.68. The first-order valence-electron chi connectivity index (χ1n) is 20.9. The summed E-state index contributed by atoms with van der Waals surface area (Å²) < 4.78 is 75.7. The molecule has 2 saturated carbocycles. The first-order chi connectivity index (χ1) is 29.3. The Labute approximate surface area is 359 Å². The van der Waals surface area contributed by atoms with Gasteiger partial charge in [-0.3, -0.25) is 19.1 Å². The van der Waals surface area contributed by atoms with Crippen molar-refractivity contribution in [3.63, 3.8) is 0 Å². The quantitative estimate of drug-likeness (QED) is 0.102. The van der Waals surface area contributed by atoms with Crippen LogP contribution in [0.1, 0.15) is 72.3 Å². The summed E-state index contributed by atoms with van der Waals surface area (Å²) in [6.07, 6.45) is 1.63. The molecule has 2 aliphatic carbocycles. The van der Waals surface area contributed by atoms with Gasteiger partial charge in [0.15, 0.2) is 11.6 Å². The van der Waals surface area contributed by atoms with Gasteiger partial charge in [-0.1, -0.05) is 39.0 Å². The lowest BCUT2D eigenvalue weighted by Gasteiger charge is -2.35. The van der Waals surface area contributed by atoms with Crippen molar-refractivity contribution in [3.8, 4) is 23.0 Å². The van der Waals surface area contributed by atoms with Gasteiger partial charge in [0.05, 0.1) is 29.4 Å². The molecular formula is C47H50F2N4O8S. The Morgan fingerprint density at radius 3 is 2.40 bits per heavy atom. The van der Waals surface area contributed by atoms with Crippen molar-refractivity contribution in [1.82, 2.24) is 19.6 Å². The van der Waals surface area contributed by atoms with Crippen LogP contribution in [0.25, 0.3) is 33.5 Å². The third-order valence-electron chi connectivity index (χ3n) is 12.2. The summed E-state index contributed by atoms with van der Waals surface area (Å²) in [5.74, 6) is -2.78. The molecule has 0 unspecified atom stereocenters. The fourth-order valence-electron chi connectivity index (χ4n) is 8.52. The number of carbonyl (C=O) groups excluding carboxylic acids is 3. The summed E-state index contributed by atoms with van der Waals surface area (Å²) in [6, 6.07) is 16.2. The molecule has 5 aromatic rings. The minimum Gasteiger partial charge on any atom is -0.491 e. The molecule has 326 valence electrons. The number of carbonyl (C=O) groups is 3. The van der Waals surface area contributed by atoms with Gasteiger partial charge < -0.3 is 18.8 Å². The number of benzene rings is 3. The number of likely N-dealkylation sites (tertiary alicyclic amines) is 1. The van der Waals surface area contributed by atoms with Crippen LogP contribution in [-0.2, 0) is 30.8 Å². The number of ketones is 1. The lowest BCUT2D eigenvalue weighted by molar-refractivity contribution is -0.144. The van der Waals surface area contributed by atoms with Gasteiger partial charge in [-0.15, -0.1) is 6.58 Å².